The summed E-state index contributed by atoms with van der Waals surface area (Å²) in [6.45, 7) is 11.4. The first-order valence-electron chi connectivity index (χ1n) is 6.40. The summed E-state index contributed by atoms with van der Waals surface area (Å²) < 4.78 is 0. The lowest BCUT2D eigenvalue weighted by molar-refractivity contribution is 0.282. The van der Waals surface area contributed by atoms with E-state index in [1.165, 1.54) is 15.6 Å². The molecule has 0 amide bonds. The largest absolute Gasteiger partial charge is 0.323 e. The highest BCUT2D eigenvalue weighted by atomic mass is 32.1. The Bertz CT molecular complexity index is 412. The van der Waals surface area contributed by atoms with Crippen LogP contribution in [-0.4, -0.2) is 4.98 Å². The van der Waals surface area contributed by atoms with Gasteiger partial charge < -0.3 is 5.73 Å². The minimum absolute atomic E-state index is 0.194. The zero-order chi connectivity index (χ0) is 12.8. The van der Waals surface area contributed by atoms with Crippen molar-refractivity contribution in [2.45, 2.75) is 59.9 Å². The molecule has 0 saturated carbocycles. The van der Waals surface area contributed by atoms with Crippen LogP contribution in [0.1, 0.15) is 62.7 Å². The second-order valence-corrected chi connectivity index (χ2v) is 8.42. The molecule has 0 radical (unpaired) electrons. The van der Waals surface area contributed by atoms with Crippen molar-refractivity contribution in [1.29, 1.82) is 0 Å². The monoisotopic (exact) mass is 252 g/mol. The van der Waals surface area contributed by atoms with E-state index in [1.807, 2.05) is 11.3 Å². The third-order valence-corrected chi connectivity index (χ3v) is 4.44. The van der Waals surface area contributed by atoms with Crippen LogP contribution in [0.15, 0.2) is 0 Å². The third kappa shape index (κ3) is 3.08. The van der Waals surface area contributed by atoms with E-state index in [0.29, 0.717) is 10.8 Å². The third-order valence-electron chi connectivity index (χ3n) is 3.21. The first kappa shape index (κ1) is 13.0. The molecule has 1 aromatic rings. The van der Waals surface area contributed by atoms with Crippen molar-refractivity contribution >= 4 is 11.3 Å². The lowest BCUT2D eigenvalue weighted by atomic mass is 9.77. The van der Waals surface area contributed by atoms with Gasteiger partial charge in [0.1, 0.15) is 0 Å². The fourth-order valence-electron chi connectivity index (χ4n) is 2.57. The van der Waals surface area contributed by atoms with Crippen molar-refractivity contribution in [1.82, 2.24) is 4.98 Å². The van der Waals surface area contributed by atoms with Crippen molar-refractivity contribution in [3.8, 4) is 0 Å². The second kappa shape index (κ2) is 4.06. The SMILES string of the molecule is CC(C)(C)Cc1nc2c(s1)C(N)CC(C)(C)C2. The van der Waals surface area contributed by atoms with Crippen molar-refractivity contribution in [2.75, 3.05) is 0 Å². The Morgan fingerprint density at radius 2 is 2.06 bits per heavy atom. The predicted octanol–water partition coefficient (Wildman–Crippen LogP) is 3.70. The number of aromatic nitrogens is 1. The van der Waals surface area contributed by atoms with Gasteiger partial charge >= 0.3 is 0 Å². The van der Waals surface area contributed by atoms with E-state index < -0.39 is 0 Å². The quantitative estimate of drug-likeness (QED) is 0.827. The highest BCUT2D eigenvalue weighted by molar-refractivity contribution is 7.11. The van der Waals surface area contributed by atoms with Gasteiger partial charge in [0.05, 0.1) is 10.7 Å². The van der Waals surface area contributed by atoms with Gasteiger partial charge in [0.25, 0.3) is 0 Å². The van der Waals surface area contributed by atoms with Crippen molar-refractivity contribution in [2.24, 2.45) is 16.6 Å². The van der Waals surface area contributed by atoms with Crippen LogP contribution in [0, 0.1) is 10.8 Å². The molecule has 96 valence electrons. The Morgan fingerprint density at radius 3 is 2.65 bits per heavy atom. The number of thiazole rings is 1. The minimum Gasteiger partial charge on any atom is -0.323 e. The minimum atomic E-state index is 0.194. The maximum Gasteiger partial charge on any atom is 0.0936 e. The van der Waals surface area contributed by atoms with Gasteiger partial charge in [0.2, 0.25) is 0 Å². The number of nitrogens with zero attached hydrogens (tertiary/aromatic N) is 1. The number of hydrogen-bond acceptors (Lipinski definition) is 3. The van der Waals surface area contributed by atoms with Crippen LogP contribution in [0.5, 0.6) is 0 Å². The van der Waals surface area contributed by atoms with E-state index in [-0.39, 0.29) is 6.04 Å². The zero-order valence-corrected chi connectivity index (χ0v) is 12.4. The lowest BCUT2D eigenvalue weighted by Gasteiger charge is -2.32. The van der Waals surface area contributed by atoms with E-state index >= 15 is 0 Å². The normalized spacial score (nSPS) is 23.5. The fraction of sp³-hybridized carbons (Fsp3) is 0.786. The van der Waals surface area contributed by atoms with Crippen molar-refractivity contribution in [3.05, 3.63) is 15.6 Å². The predicted molar refractivity (Wildman–Crippen MR) is 74.3 cm³/mol. The van der Waals surface area contributed by atoms with E-state index in [4.69, 9.17) is 10.7 Å². The Balaban J connectivity index is 2.27. The maximum atomic E-state index is 6.27. The summed E-state index contributed by atoms with van der Waals surface area (Å²) in [5, 5.41) is 1.26. The second-order valence-electron chi connectivity index (χ2n) is 7.31. The summed E-state index contributed by atoms with van der Waals surface area (Å²) in [7, 11) is 0. The Hall–Kier alpha value is -0.410. The van der Waals surface area contributed by atoms with Gasteiger partial charge in [-0.1, -0.05) is 34.6 Å². The Morgan fingerprint density at radius 1 is 1.41 bits per heavy atom. The molecule has 3 heteroatoms. The van der Waals surface area contributed by atoms with E-state index in [1.54, 1.807) is 0 Å². The Labute approximate surface area is 109 Å². The molecule has 2 rings (SSSR count). The molecule has 0 saturated heterocycles. The van der Waals surface area contributed by atoms with Gasteiger partial charge in [-0.2, -0.15) is 0 Å². The molecule has 1 heterocycles. The first-order chi connectivity index (χ1) is 7.66. The maximum absolute atomic E-state index is 6.27. The average Bonchev–Trinajstić information content (AvgIpc) is 2.41. The molecule has 0 aromatic carbocycles. The molecule has 1 aliphatic carbocycles. The standard InChI is InChI=1S/C14H24N2S/c1-13(2,3)8-11-16-10-7-14(4,5)6-9(15)12(10)17-11/h9H,6-8,15H2,1-5H3. The Kier molecular flexibility index (Phi) is 3.11. The van der Waals surface area contributed by atoms with Gasteiger partial charge in [-0.3, -0.25) is 0 Å². The van der Waals surface area contributed by atoms with Crippen molar-refractivity contribution < 1.29 is 0 Å². The van der Waals surface area contributed by atoms with Crippen LogP contribution in [-0.2, 0) is 12.8 Å². The summed E-state index contributed by atoms with van der Waals surface area (Å²) >= 11 is 1.83. The summed E-state index contributed by atoms with van der Waals surface area (Å²) in [4.78, 5) is 6.16. The van der Waals surface area contributed by atoms with E-state index in [2.05, 4.69) is 34.6 Å². The molecule has 1 aromatic heterocycles. The number of nitrogens with two attached hydrogens (primary N) is 1. The number of hydrogen-bond donors (Lipinski definition) is 1. The summed E-state index contributed by atoms with van der Waals surface area (Å²) in [6, 6.07) is 0.194. The molecule has 0 aliphatic heterocycles. The topological polar surface area (TPSA) is 38.9 Å². The highest BCUT2D eigenvalue weighted by Crippen LogP contribution is 2.42. The van der Waals surface area contributed by atoms with Gasteiger partial charge in [0.15, 0.2) is 0 Å². The first-order valence-corrected chi connectivity index (χ1v) is 7.22. The molecular weight excluding hydrogens is 228 g/mol. The van der Waals surface area contributed by atoms with E-state index in [0.717, 1.165) is 19.3 Å². The molecule has 2 nitrogen and oxygen atoms in total. The molecule has 0 fully saturated rings. The molecule has 0 spiro atoms. The highest BCUT2D eigenvalue weighted by Gasteiger charge is 2.33. The average molecular weight is 252 g/mol. The summed E-state index contributed by atoms with van der Waals surface area (Å²) in [6.07, 6.45) is 3.21. The summed E-state index contributed by atoms with van der Waals surface area (Å²) in [5.41, 5.74) is 8.14. The van der Waals surface area contributed by atoms with Gasteiger partial charge in [-0.05, 0) is 23.7 Å². The van der Waals surface area contributed by atoms with Gasteiger partial charge in [0, 0.05) is 17.3 Å². The number of fused-ring (bicyclic) bond motifs is 1. The molecule has 1 atom stereocenters. The molecule has 1 aliphatic rings. The van der Waals surface area contributed by atoms with E-state index in [9.17, 15) is 0 Å². The van der Waals surface area contributed by atoms with Gasteiger partial charge in [-0.15, -0.1) is 11.3 Å². The molecule has 2 N–H and O–H groups in total. The molecule has 17 heavy (non-hydrogen) atoms. The lowest BCUT2D eigenvalue weighted by Crippen LogP contribution is -2.28. The van der Waals surface area contributed by atoms with Crippen LogP contribution in [0.25, 0.3) is 0 Å². The van der Waals surface area contributed by atoms with Crippen LogP contribution in [0.2, 0.25) is 0 Å². The molecule has 0 bridgehead atoms. The van der Waals surface area contributed by atoms with Crippen molar-refractivity contribution in [3.63, 3.8) is 0 Å². The molecular formula is C14H24N2S. The van der Waals surface area contributed by atoms with Crippen LogP contribution in [0.3, 0.4) is 0 Å². The smallest absolute Gasteiger partial charge is 0.0936 e. The zero-order valence-electron chi connectivity index (χ0n) is 11.6. The molecule has 1 unspecified atom stereocenters. The van der Waals surface area contributed by atoms with Gasteiger partial charge in [-0.25, -0.2) is 4.98 Å². The number of rotatable bonds is 1. The van der Waals surface area contributed by atoms with Crippen LogP contribution < -0.4 is 5.73 Å². The van der Waals surface area contributed by atoms with Crippen LogP contribution in [0.4, 0.5) is 0 Å². The van der Waals surface area contributed by atoms with Crippen LogP contribution >= 0.6 is 11.3 Å². The fourth-order valence-corrected chi connectivity index (χ4v) is 3.96. The summed E-state index contributed by atoms with van der Waals surface area (Å²) in [5.74, 6) is 0.